The number of nitrogens with one attached hydrogen (secondary N) is 1. The van der Waals surface area contributed by atoms with Crippen LogP contribution in [0.15, 0.2) is 24.3 Å². The number of alkyl halides is 3. The summed E-state index contributed by atoms with van der Waals surface area (Å²) in [5.41, 5.74) is 0.817. The lowest BCUT2D eigenvalue weighted by Gasteiger charge is -2.23. The number of rotatable bonds is 2. The molecule has 0 aliphatic carbocycles. The van der Waals surface area contributed by atoms with E-state index in [-0.39, 0.29) is 11.8 Å². The Hall–Kier alpha value is -1.08. The van der Waals surface area contributed by atoms with Crippen LogP contribution < -0.4 is 10.1 Å². The van der Waals surface area contributed by atoms with Gasteiger partial charge in [-0.2, -0.15) is 0 Å². The molecule has 0 spiro atoms. The van der Waals surface area contributed by atoms with E-state index in [1.165, 1.54) is 12.1 Å². The summed E-state index contributed by atoms with van der Waals surface area (Å²) in [5.74, 6) is 0.855. The third-order valence-electron chi connectivity index (χ3n) is 2.59. The Balaban J connectivity index is 2.05. The molecule has 1 aliphatic rings. The second-order valence-electron chi connectivity index (χ2n) is 3.93. The van der Waals surface area contributed by atoms with Gasteiger partial charge in [0, 0.05) is 34.9 Å². The van der Waals surface area contributed by atoms with E-state index in [0.29, 0.717) is 18.1 Å². The molecule has 1 aromatic carbocycles. The summed E-state index contributed by atoms with van der Waals surface area (Å²) in [4.78, 5) is 0. The normalized spacial score (nSPS) is 24.8. The van der Waals surface area contributed by atoms with Crippen LogP contribution >= 0.6 is 0 Å². The van der Waals surface area contributed by atoms with E-state index >= 15 is 0 Å². The molecular formula is C11H12F3NO2S. The Morgan fingerprint density at radius 3 is 2.50 bits per heavy atom. The standard InChI is InChI=1S/C11H12F3NO2S/c12-11(13,14)17-9-3-1-8(2-4-9)10-7-18(16)6-5-15-10/h1-4,10,15H,5-7H2. The fraction of sp³-hybridized carbons (Fsp3) is 0.455. The van der Waals surface area contributed by atoms with Gasteiger partial charge in [0.15, 0.2) is 0 Å². The highest BCUT2D eigenvalue weighted by molar-refractivity contribution is 7.85. The van der Waals surface area contributed by atoms with Crippen LogP contribution in [0.5, 0.6) is 5.75 Å². The molecular weight excluding hydrogens is 267 g/mol. The van der Waals surface area contributed by atoms with Crippen molar-refractivity contribution in [2.45, 2.75) is 12.4 Å². The van der Waals surface area contributed by atoms with Gasteiger partial charge in [0.1, 0.15) is 5.75 Å². The van der Waals surface area contributed by atoms with E-state index in [1.54, 1.807) is 12.1 Å². The molecule has 100 valence electrons. The van der Waals surface area contributed by atoms with Gasteiger partial charge < -0.3 is 10.1 Å². The van der Waals surface area contributed by atoms with Gasteiger partial charge in [-0.15, -0.1) is 13.2 Å². The lowest BCUT2D eigenvalue weighted by Crippen LogP contribution is -2.36. The van der Waals surface area contributed by atoms with E-state index < -0.39 is 17.2 Å². The summed E-state index contributed by atoms with van der Waals surface area (Å²) < 4.78 is 51.1. The maximum atomic E-state index is 12.0. The minimum Gasteiger partial charge on any atom is -0.406 e. The van der Waals surface area contributed by atoms with Crippen LogP contribution in [-0.4, -0.2) is 28.6 Å². The van der Waals surface area contributed by atoms with Gasteiger partial charge in [0.2, 0.25) is 0 Å². The summed E-state index contributed by atoms with van der Waals surface area (Å²) in [6.45, 7) is 0.651. The molecule has 3 nitrogen and oxygen atoms in total. The topological polar surface area (TPSA) is 38.3 Å². The maximum Gasteiger partial charge on any atom is 0.573 e. The zero-order valence-electron chi connectivity index (χ0n) is 9.37. The van der Waals surface area contributed by atoms with Crippen molar-refractivity contribution >= 4 is 10.8 Å². The molecule has 18 heavy (non-hydrogen) atoms. The van der Waals surface area contributed by atoms with Crippen molar-refractivity contribution in [3.63, 3.8) is 0 Å². The Labute approximate surface area is 105 Å². The van der Waals surface area contributed by atoms with Crippen molar-refractivity contribution in [1.82, 2.24) is 5.32 Å². The Kier molecular flexibility index (Phi) is 3.91. The van der Waals surface area contributed by atoms with E-state index in [1.807, 2.05) is 0 Å². The van der Waals surface area contributed by atoms with Crippen molar-refractivity contribution in [2.75, 3.05) is 18.1 Å². The summed E-state index contributed by atoms with van der Waals surface area (Å²) >= 11 is 0. The van der Waals surface area contributed by atoms with Crippen LogP contribution in [0.4, 0.5) is 13.2 Å². The van der Waals surface area contributed by atoms with Gasteiger partial charge in [-0.3, -0.25) is 4.21 Å². The molecule has 2 unspecified atom stereocenters. The largest absolute Gasteiger partial charge is 0.573 e. The lowest BCUT2D eigenvalue weighted by atomic mass is 10.1. The molecule has 1 heterocycles. The van der Waals surface area contributed by atoms with Crippen LogP contribution in [0, 0.1) is 0 Å². The monoisotopic (exact) mass is 279 g/mol. The maximum absolute atomic E-state index is 12.0. The SMILES string of the molecule is O=S1CCNC(c2ccc(OC(F)(F)F)cc2)C1. The third kappa shape index (κ3) is 3.71. The predicted molar refractivity (Wildman–Crippen MR) is 61.7 cm³/mol. The van der Waals surface area contributed by atoms with Crippen molar-refractivity contribution in [3.05, 3.63) is 29.8 Å². The quantitative estimate of drug-likeness (QED) is 0.899. The number of benzene rings is 1. The number of hydrogen-bond acceptors (Lipinski definition) is 3. The molecule has 1 aromatic rings. The smallest absolute Gasteiger partial charge is 0.406 e. The lowest BCUT2D eigenvalue weighted by molar-refractivity contribution is -0.274. The molecule has 1 N–H and O–H groups in total. The van der Waals surface area contributed by atoms with Gasteiger partial charge in [-0.1, -0.05) is 12.1 Å². The molecule has 1 aliphatic heterocycles. The fourth-order valence-corrected chi connectivity index (χ4v) is 2.99. The van der Waals surface area contributed by atoms with Crippen molar-refractivity contribution in [1.29, 1.82) is 0 Å². The summed E-state index contributed by atoms with van der Waals surface area (Å²) in [7, 11) is -0.866. The minimum absolute atomic E-state index is 0.0699. The molecule has 2 atom stereocenters. The first-order chi connectivity index (χ1) is 8.44. The highest BCUT2D eigenvalue weighted by Gasteiger charge is 2.31. The molecule has 1 fully saturated rings. The minimum atomic E-state index is -4.67. The van der Waals surface area contributed by atoms with Gasteiger partial charge >= 0.3 is 6.36 Å². The Morgan fingerprint density at radius 2 is 1.94 bits per heavy atom. The zero-order chi connectivity index (χ0) is 13.2. The third-order valence-corrected chi connectivity index (χ3v) is 3.95. The number of halogens is 3. The second kappa shape index (κ2) is 5.27. The van der Waals surface area contributed by atoms with E-state index in [2.05, 4.69) is 10.1 Å². The fourth-order valence-electron chi connectivity index (χ4n) is 1.79. The van der Waals surface area contributed by atoms with Gasteiger partial charge in [0.25, 0.3) is 0 Å². The predicted octanol–water partition coefficient (Wildman–Crippen LogP) is 1.98. The zero-order valence-corrected chi connectivity index (χ0v) is 10.2. The number of ether oxygens (including phenoxy) is 1. The van der Waals surface area contributed by atoms with Gasteiger partial charge in [0.05, 0.1) is 0 Å². The van der Waals surface area contributed by atoms with Crippen molar-refractivity contribution in [3.8, 4) is 5.75 Å². The summed E-state index contributed by atoms with van der Waals surface area (Å²) in [6, 6.07) is 5.58. The molecule has 0 aromatic heterocycles. The molecule has 2 rings (SSSR count). The average molecular weight is 279 g/mol. The first-order valence-electron chi connectivity index (χ1n) is 5.38. The van der Waals surface area contributed by atoms with Gasteiger partial charge in [-0.05, 0) is 17.7 Å². The van der Waals surface area contributed by atoms with E-state index in [4.69, 9.17) is 0 Å². The highest BCUT2D eigenvalue weighted by atomic mass is 32.2. The Morgan fingerprint density at radius 1 is 1.28 bits per heavy atom. The summed E-state index contributed by atoms with van der Waals surface area (Å²) in [5, 5.41) is 3.18. The molecule has 0 amide bonds. The first-order valence-corrected chi connectivity index (χ1v) is 6.87. The summed E-state index contributed by atoms with van der Waals surface area (Å²) in [6.07, 6.45) is -4.67. The van der Waals surface area contributed by atoms with Crippen LogP contribution in [-0.2, 0) is 10.8 Å². The highest BCUT2D eigenvalue weighted by Crippen LogP contribution is 2.25. The van der Waals surface area contributed by atoms with Gasteiger partial charge in [-0.25, -0.2) is 0 Å². The van der Waals surface area contributed by atoms with Crippen LogP contribution in [0.1, 0.15) is 11.6 Å². The molecule has 0 bridgehead atoms. The number of hydrogen-bond donors (Lipinski definition) is 1. The van der Waals surface area contributed by atoms with E-state index in [0.717, 1.165) is 5.56 Å². The molecule has 0 radical (unpaired) electrons. The van der Waals surface area contributed by atoms with Crippen molar-refractivity contribution < 1.29 is 22.1 Å². The first kappa shape index (κ1) is 13.4. The van der Waals surface area contributed by atoms with Crippen LogP contribution in [0.3, 0.4) is 0 Å². The van der Waals surface area contributed by atoms with Crippen LogP contribution in [0.2, 0.25) is 0 Å². The molecule has 1 saturated heterocycles. The van der Waals surface area contributed by atoms with Crippen LogP contribution in [0.25, 0.3) is 0 Å². The second-order valence-corrected chi connectivity index (χ2v) is 5.56. The van der Waals surface area contributed by atoms with Crippen molar-refractivity contribution in [2.24, 2.45) is 0 Å². The molecule has 0 saturated carbocycles. The average Bonchev–Trinajstić information content (AvgIpc) is 2.28. The molecule has 7 heteroatoms. The van der Waals surface area contributed by atoms with E-state index in [9.17, 15) is 17.4 Å². The Bertz CT molecular complexity index is 433.